The Morgan fingerprint density at radius 3 is 1.33 bits per heavy atom. The van der Waals surface area contributed by atoms with Crippen molar-refractivity contribution in [2.24, 2.45) is 0 Å². The van der Waals surface area contributed by atoms with Gasteiger partial charge < -0.3 is 16.4 Å². The van der Waals surface area contributed by atoms with Crippen LogP contribution in [0.5, 0.6) is 0 Å². The zero-order valence-electron chi connectivity index (χ0n) is 3.51. The Balaban J connectivity index is -0.0000000450. The molecule has 0 amide bonds. The van der Waals surface area contributed by atoms with Gasteiger partial charge in [-0.25, -0.2) is 4.79 Å². The second-order valence-electron chi connectivity index (χ2n) is 0.283. The van der Waals surface area contributed by atoms with E-state index in [1.165, 1.54) is 0 Å². The van der Waals surface area contributed by atoms with E-state index in [0.717, 1.165) is 0 Å². The Hall–Kier alpha value is -0.173. The van der Waals surface area contributed by atoms with E-state index < -0.39 is 6.16 Å². The van der Waals surface area contributed by atoms with E-state index in [-0.39, 0.29) is 25.0 Å². The van der Waals surface area contributed by atoms with Crippen LogP contribution in [0.3, 0.4) is 0 Å². The fraction of sp³-hybridized carbons (Fsp3) is 0. The van der Waals surface area contributed by atoms with Gasteiger partial charge in [-0.3, -0.25) is 0 Å². The van der Waals surface area contributed by atoms with Gasteiger partial charge in [-0.05, 0) is 0 Å². The summed E-state index contributed by atoms with van der Waals surface area (Å²) >= 11 is 0. The van der Waals surface area contributed by atoms with E-state index >= 15 is 0 Å². The second kappa shape index (κ2) is 8.85. The van der Waals surface area contributed by atoms with E-state index in [1.54, 1.807) is 0 Å². The van der Waals surface area contributed by atoms with Gasteiger partial charge in [0.1, 0.15) is 0 Å². The van der Waals surface area contributed by atoms with Crippen molar-refractivity contribution in [1.82, 2.24) is 6.15 Å². The van der Waals surface area contributed by atoms with Crippen LogP contribution in [-0.4, -0.2) is 35.2 Å². The average molecular weight is 86.0 g/mol. The number of hydrogen-bond acceptors (Lipinski definition) is 2. The molecule has 0 unspecified atom stereocenters. The predicted octanol–water partition coefficient (Wildman–Crippen LogP) is 0.00360. The van der Waals surface area contributed by atoms with Crippen molar-refractivity contribution in [3.05, 3.63) is 0 Å². The standard InChI is InChI=1S/CH2O3.Li.H3N/c2-1(3)4;;/h(H2,2,3,4);;1H3. The minimum Gasteiger partial charge on any atom is -0.450 e. The molecule has 0 fully saturated rings. The molecule has 0 aromatic carbocycles. The number of rotatable bonds is 0. The molecule has 0 aliphatic rings. The average Bonchev–Trinajstić information content (AvgIpc) is 0.811. The zero-order chi connectivity index (χ0) is 3.58. The summed E-state index contributed by atoms with van der Waals surface area (Å²) < 4.78 is 0. The molecule has 0 saturated carbocycles. The number of carbonyl (C=O) groups is 1. The van der Waals surface area contributed by atoms with Crippen molar-refractivity contribution in [3.8, 4) is 0 Å². The molecule has 0 bridgehead atoms. The first-order valence-corrected chi connectivity index (χ1v) is 0.651. The van der Waals surface area contributed by atoms with Gasteiger partial charge in [0.25, 0.3) is 0 Å². The van der Waals surface area contributed by atoms with Crippen molar-refractivity contribution in [3.63, 3.8) is 0 Å². The molecule has 6 heavy (non-hydrogen) atoms. The summed E-state index contributed by atoms with van der Waals surface area (Å²) in [4.78, 5) is 8.56. The van der Waals surface area contributed by atoms with Crippen molar-refractivity contribution >= 4 is 25.0 Å². The van der Waals surface area contributed by atoms with Gasteiger partial charge in [-0.2, -0.15) is 0 Å². The summed E-state index contributed by atoms with van der Waals surface area (Å²) in [6.45, 7) is 0. The van der Waals surface area contributed by atoms with Crippen LogP contribution in [-0.2, 0) is 0 Å². The van der Waals surface area contributed by atoms with Gasteiger partial charge in [0.2, 0.25) is 0 Å². The van der Waals surface area contributed by atoms with Crippen LogP contribution >= 0.6 is 0 Å². The fourth-order valence-electron chi connectivity index (χ4n) is 0. The summed E-state index contributed by atoms with van der Waals surface area (Å²) in [6, 6.07) is 0. The van der Waals surface area contributed by atoms with Crippen LogP contribution in [0.2, 0.25) is 0 Å². The first kappa shape index (κ1) is 17.0. The molecular formula is CH5LiNO3. The third-order valence-corrected chi connectivity index (χ3v) is 0. The maximum absolute atomic E-state index is 8.56. The quantitative estimate of drug-likeness (QED) is 0.362. The van der Waals surface area contributed by atoms with Crippen LogP contribution in [0.1, 0.15) is 0 Å². The maximum atomic E-state index is 8.56. The van der Waals surface area contributed by atoms with Crippen LogP contribution in [0, 0.1) is 0 Å². The van der Waals surface area contributed by atoms with Gasteiger partial charge in [0, 0.05) is 18.9 Å². The Bertz CT molecular complexity index is 33.8. The molecule has 0 aliphatic heterocycles. The Morgan fingerprint density at radius 1 is 1.33 bits per heavy atom. The van der Waals surface area contributed by atoms with E-state index in [0.29, 0.717) is 0 Å². The van der Waals surface area contributed by atoms with Crippen molar-refractivity contribution in [2.75, 3.05) is 0 Å². The fourth-order valence-corrected chi connectivity index (χ4v) is 0. The molecule has 0 spiro atoms. The van der Waals surface area contributed by atoms with Crippen LogP contribution in [0.4, 0.5) is 4.79 Å². The van der Waals surface area contributed by atoms with Gasteiger partial charge in [0.15, 0.2) is 0 Å². The van der Waals surface area contributed by atoms with Crippen molar-refractivity contribution < 1.29 is 15.0 Å². The molecule has 0 atom stereocenters. The van der Waals surface area contributed by atoms with E-state index in [4.69, 9.17) is 15.0 Å². The molecule has 1 radical (unpaired) electrons. The summed E-state index contributed by atoms with van der Waals surface area (Å²) in [6.07, 6.45) is -1.83. The number of carboxylic acid groups (broad SMARTS) is 2. The maximum Gasteiger partial charge on any atom is 0.503 e. The first-order valence-electron chi connectivity index (χ1n) is 0.651. The molecule has 0 saturated heterocycles. The van der Waals surface area contributed by atoms with E-state index in [2.05, 4.69) is 0 Å². The largest absolute Gasteiger partial charge is 0.503 e. The first-order chi connectivity index (χ1) is 1.73. The topological polar surface area (TPSA) is 92.5 Å². The van der Waals surface area contributed by atoms with Gasteiger partial charge in [-0.15, -0.1) is 0 Å². The Labute approximate surface area is 46.9 Å². The zero-order valence-corrected chi connectivity index (χ0v) is 3.51. The van der Waals surface area contributed by atoms with Crippen LogP contribution in [0.25, 0.3) is 0 Å². The van der Waals surface area contributed by atoms with Crippen LogP contribution in [0.15, 0.2) is 0 Å². The smallest absolute Gasteiger partial charge is 0.450 e. The molecule has 33 valence electrons. The SMILES string of the molecule is N.O=C(O)O.[Li]. The number of hydrogen-bond donors (Lipinski definition) is 3. The minimum atomic E-state index is -1.83. The van der Waals surface area contributed by atoms with Gasteiger partial charge in [-0.1, -0.05) is 0 Å². The minimum absolute atomic E-state index is 0. The Kier molecular flexibility index (Phi) is 25.0. The molecule has 0 aliphatic carbocycles. The molecule has 4 nitrogen and oxygen atoms in total. The third-order valence-electron chi connectivity index (χ3n) is 0. The Morgan fingerprint density at radius 2 is 1.33 bits per heavy atom. The summed E-state index contributed by atoms with van der Waals surface area (Å²) in [5, 5.41) is 13.9. The van der Waals surface area contributed by atoms with Crippen molar-refractivity contribution in [1.29, 1.82) is 0 Å². The molecule has 0 rings (SSSR count). The van der Waals surface area contributed by atoms with E-state index in [1.807, 2.05) is 0 Å². The second-order valence-corrected chi connectivity index (χ2v) is 0.283. The molecule has 0 aromatic heterocycles. The van der Waals surface area contributed by atoms with Crippen molar-refractivity contribution in [2.45, 2.75) is 0 Å². The van der Waals surface area contributed by atoms with Crippen LogP contribution < -0.4 is 6.15 Å². The monoisotopic (exact) mass is 86.0 g/mol. The third kappa shape index (κ3) is 1030. The summed E-state index contributed by atoms with van der Waals surface area (Å²) in [5.41, 5.74) is 0. The van der Waals surface area contributed by atoms with Gasteiger partial charge in [0.05, 0.1) is 0 Å². The molecule has 5 N–H and O–H groups in total. The summed E-state index contributed by atoms with van der Waals surface area (Å²) in [5.74, 6) is 0. The summed E-state index contributed by atoms with van der Waals surface area (Å²) in [7, 11) is 0. The molecular weight excluding hydrogens is 81.0 g/mol. The molecule has 0 aromatic rings. The normalized spacial score (nSPS) is 4.00. The van der Waals surface area contributed by atoms with Gasteiger partial charge >= 0.3 is 6.16 Å². The van der Waals surface area contributed by atoms with E-state index in [9.17, 15) is 0 Å². The molecule has 0 heterocycles. The predicted molar refractivity (Wildman–Crippen MR) is 21.4 cm³/mol. The molecule has 5 heteroatoms.